The number of nitrogens with zero attached hydrogens (tertiary/aromatic N) is 4. The second-order valence-corrected chi connectivity index (χ2v) is 6.65. The van der Waals surface area contributed by atoms with Gasteiger partial charge in [-0.2, -0.15) is 13.2 Å². The van der Waals surface area contributed by atoms with E-state index in [0.29, 0.717) is 39.2 Å². The summed E-state index contributed by atoms with van der Waals surface area (Å²) < 4.78 is 44.3. The number of amides is 1. The predicted octanol–water partition coefficient (Wildman–Crippen LogP) is 2.02. The number of hydrogen-bond donors (Lipinski definition) is 0. The number of anilines is 1. The molecule has 3 rings (SSSR count). The molecule has 2 fully saturated rings. The van der Waals surface area contributed by atoms with E-state index >= 15 is 0 Å². The average molecular weight is 358 g/mol. The lowest BCUT2D eigenvalue weighted by atomic mass is 10.0. The molecule has 1 amide bonds. The fraction of sp³-hybridized carbons (Fsp3) is 0.688. The van der Waals surface area contributed by atoms with E-state index < -0.39 is 17.5 Å². The van der Waals surface area contributed by atoms with Gasteiger partial charge in [-0.15, -0.1) is 0 Å². The number of ether oxygens (including phenoxy) is 1. The summed E-state index contributed by atoms with van der Waals surface area (Å²) >= 11 is 0. The number of aryl methyl sites for hydroxylation is 1. The highest BCUT2D eigenvalue weighted by Crippen LogP contribution is 2.30. The Labute approximate surface area is 144 Å². The van der Waals surface area contributed by atoms with Crippen molar-refractivity contribution in [2.75, 3.05) is 37.7 Å². The van der Waals surface area contributed by atoms with Crippen molar-refractivity contribution in [3.8, 4) is 0 Å². The quantitative estimate of drug-likeness (QED) is 0.810. The minimum Gasteiger partial charge on any atom is -0.365 e. The first kappa shape index (κ1) is 17.9. The van der Waals surface area contributed by atoms with Crippen molar-refractivity contribution in [3.05, 3.63) is 17.5 Å². The molecule has 1 aromatic rings. The third-order valence-corrected chi connectivity index (χ3v) is 4.65. The van der Waals surface area contributed by atoms with Gasteiger partial charge in [0.05, 0.1) is 0 Å². The summed E-state index contributed by atoms with van der Waals surface area (Å²) in [7, 11) is 0. The van der Waals surface area contributed by atoms with Gasteiger partial charge in [0.1, 0.15) is 11.3 Å². The first-order chi connectivity index (χ1) is 11.7. The van der Waals surface area contributed by atoms with Crippen LogP contribution in [0.5, 0.6) is 0 Å². The molecule has 0 radical (unpaired) electrons. The number of piperazine rings is 1. The fourth-order valence-electron chi connectivity index (χ4n) is 3.23. The van der Waals surface area contributed by atoms with E-state index in [0.717, 1.165) is 12.5 Å². The van der Waals surface area contributed by atoms with Crippen LogP contribution >= 0.6 is 0 Å². The summed E-state index contributed by atoms with van der Waals surface area (Å²) in [5, 5.41) is 0. The highest BCUT2D eigenvalue weighted by molar-refractivity contribution is 5.85. The first-order valence-corrected chi connectivity index (χ1v) is 8.30. The maximum absolute atomic E-state index is 12.9. The highest BCUT2D eigenvalue weighted by Gasteiger charge is 2.41. The van der Waals surface area contributed by atoms with E-state index in [1.54, 1.807) is 16.7 Å². The second-order valence-electron chi connectivity index (χ2n) is 6.65. The third-order valence-electron chi connectivity index (χ3n) is 4.65. The number of carbonyl (C=O) groups excluding carboxylic acids is 1. The van der Waals surface area contributed by atoms with Crippen LogP contribution in [0.3, 0.4) is 0 Å². The molecule has 9 heteroatoms. The molecule has 0 bridgehead atoms. The van der Waals surface area contributed by atoms with Crippen LogP contribution in [0.25, 0.3) is 0 Å². The van der Waals surface area contributed by atoms with Crippen molar-refractivity contribution in [2.45, 2.75) is 38.5 Å². The van der Waals surface area contributed by atoms with Gasteiger partial charge in [-0.05, 0) is 32.8 Å². The lowest BCUT2D eigenvalue weighted by Gasteiger charge is -2.38. The van der Waals surface area contributed by atoms with Crippen LogP contribution in [0.2, 0.25) is 0 Å². The zero-order chi connectivity index (χ0) is 18.2. The van der Waals surface area contributed by atoms with E-state index in [9.17, 15) is 18.0 Å². The fourth-order valence-corrected chi connectivity index (χ4v) is 3.23. The Kier molecular flexibility index (Phi) is 4.61. The lowest BCUT2D eigenvalue weighted by molar-refractivity contribution is -0.151. The molecule has 0 saturated carbocycles. The second kappa shape index (κ2) is 6.44. The van der Waals surface area contributed by atoms with E-state index in [4.69, 9.17) is 4.74 Å². The normalized spacial score (nSPS) is 24.7. The summed E-state index contributed by atoms with van der Waals surface area (Å²) in [6.45, 7) is 5.50. The Bertz CT molecular complexity index is 651. The van der Waals surface area contributed by atoms with E-state index in [1.807, 2.05) is 0 Å². The maximum Gasteiger partial charge on any atom is 0.433 e. The first-order valence-electron chi connectivity index (χ1n) is 8.30. The lowest BCUT2D eigenvalue weighted by Crippen LogP contribution is -2.55. The molecule has 0 spiro atoms. The molecule has 0 aromatic carbocycles. The molecule has 138 valence electrons. The van der Waals surface area contributed by atoms with Gasteiger partial charge in [0.25, 0.3) is 5.91 Å². The number of alkyl halides is 3. The van der Waals surface area contributed by atoms with Crippen molar-refractivity contribution < 1.29 is 22.7 Å². The molecule has 2 saturated heterocycles. The number of carbonyl (C=O) groups is 1. The SMILES string of the molecule is Cc1cc(C(F)(F)F)nc(N2CCN(C(=O)[C@@]3(C)CCCO3)CC2)n1. The number of aromatic nitrogens is 2. The van der Waals surface area contributed by atoms with Crippen molar-refractivity contribution in [3.63, 3.8) is 0 Å². The Morgan fingerprint density at radius 2 is 1.92 bits per heavy atom. The summed E-state index contributed by atoms with van der Waals surface area (Å²) in [5.74, 6) is 0.00791. The van der Waals surface area contributed by atoms with Gasteiger partial charge >= 0.3 is 6.18 Å². The largest absolute Gasteiger partial charge is 0.433 e. The van der Waals surface area contributed by atoms with Gasteiger partial charge in [-0.3, -0.25) is 4.79 Å². The number of halogens is 3. The molecular formula is C16H21F3N4O2. The van der Waals surface area contributed by atoms with Crippen LogP contribution in [0.15, 0.2) is 6.07 Å². The predicted molar refractivity (Wildman–Crippen MR) is 84.2 cm³/mol. The van der Waals surface area contributed by atoms with Crippen molar-refractivity contribution in [1.82, 2.24) is 14.9 Å². The number of rotatable bonds is 2. The van der Waals surface area contributed by atoms with Crippen LogP contribution in [-0.2, 0) is 15.7 Å². The Hall–Kier alpha value is -1.90. The van der Waals surface area contributed by atoms with Gasteiger partial charge in [-0.1, -0.05) is 0 Å². The topological polar surface area (TPSA) is 58.6 Å². The van der Waals surface area contributed by atoms with Crippen LogP contribution in [0.1, 0.15) is 31.2 Å². The minimum absolute atomic E-state index is 0.0502. The summed E-state index contributed by atoms with van der Waals surface area (Å²) in [6.07, 6.45) is -2.95. The zero-order valence-electron chi connectivity index (χ0n) is 14.3. The Morgan fingerprint density at radius 1 is 1.24 bits per heavy atom. The number of hydrogen-bond acceptors (Lipinski definition) is 5. The molecule has 25 heavy (non-hydrogen) atoms. The molecule has 6 nitrogen and oxygen atoms in total. The Balaban J connectivity index is 1.68. The van der Waals surface area contributed by atoms with Gasteiger partial charge in [0.2, 0.25) is 5.95 Å². The third kappa shape index (κ3) is 3.70. The molecule has 1 atom stereocenters. The monoisotopic (exact) mass is 358 g/mol. The van der Waals surface area contributed by atoms with Crippen LogP contribution in [0.4, 0.5) is 19.1 Å². The van der Waals surface area contributed by atoms with Gasteiger partial charge in [-0.25, -0.2) is 9.97 Å². The van der Waals surface area contributed by atoms with E-state index in [2.05, 4.69) is 9.97 Å². The van der Waals surface area contributed by atoms with Crippen LogP contribution < -0.4 is 4.90 Å². The van der Waals surface area contributed by atoms with Gasteiger partial charge in [0, 0.05) is 38.5 Å². The summed E-state index contributed by atoms with van der Waals surface area (Å²) in [4.78, 5) is 23.8. The molecule has 1 aromatic heterocycles. The van der Waals surface area contributed by atoms with Crippen molar-refractivity contribution in [2.24, 2.45) is 0 Å². The summed E-state index contributed by atoms with van der Waals surface area (Å²) in [5.41, 5.74) is -1.45. The van der Waals surface area contributed by atoms with Gasteiger partial charge in [0.15, 0.2) is 0 Å². The minimum atomic E-state index is -4.51. The molecule has 0 unspecified atom stereocenters. The molecule has 0 aliphatic carbocycles. The molecule has 0 N–H and O–H groups in total. The Morgan fingerprint density at radius 3 is 2.48 bits per heavy atom. The van der Waals surface area contributed by atoms with Gasteiger partial charge < -0.3 is 14.5 Å². The van der Waals surface area contributed by atoms with Crippen LogP contribution in [0, 0.1) is 6.92 Å². The smallest absolute Gasteiger partial charge is 0.365 e. The van der Waals surface area contributed by atoms with E-state index in [1.165, 1.54) is 6.92 Å². The van der Waals surface area contributed by atoms with E-state index in [-0.39, 0.29) is 17.5 Å². The van der Waals surface area contributed by atoms with Crippen LogP contribution in [-0.4, -0.2) is 59.2 Å². The standard InChI is InChI=1S/C16H21F3N4O2/c1-11-10-12(16(17,18)19)21-14(20-11)23-7-5-22(6-8-23)13(24)15(2)4-3-9-25-15/h10H,3-9H2,1-2H3/t15-/m1/s1. The zero-order valence-corrected chi connectivity index (χ0v) is 14.3. The molecule has 3 heterocycles. The molecule has 2 aliphatic rings. The molecule has 2 aliphatic heterocycles. The maximum atomic E-state index is 12.9. The average Bonchev–Trinajstić information content (AvgIpc) is 3.01. The van der Waals surface area contributed by atoms with Crippen molar-refractivity contribution >= 4 is 11.9 Å². The molecular weight excluding hydrogens is 337 g/mol. The van der Waals surface area contributed by atoms with Crippen molar-refractivity contribution in [1.29, 1.82) is 0 Å². The highest BCUT2D eigenvalue weighted by atomic mass is 19.4. The summed E-state index contributed by atoms with van der Waals surface area (Å²) in [6, 6.07) is 0.932.